The lowest BCUT2D eigenvalue weighted by Gasteiger charge is -2.25. The number of sulfonamides is 2. The van der Waals surface area contributed by atoms with Gasteiger partial charge in [-0.1, -0.05) is 74.5 Å². The number of likely N-dealkylation sites (tertiary alicyclic amines) is 2. The number of fused-ring (bicyclic) bond motifs is 4. The molecule has 0 spiro atoms. The van der Waals surface area contributed by atoms with Crippen molar-refractivity contribution in [3.63, 3.8) is 0 Å². The van der Waals surface area contributed by atoms with Crippen molar-refractivity contribution < 1.29 is 21.6 Å². The highest BCUT2D eigenvalue weighted by atomic mass is 32.2. The maximum Gasteiger partial charge on any atom is 0.229 e. The molecule has 0 bridgehead atoms. The van der Waals surface area contributed by atoms with Gasteiger partial charge >= 0.3 is 0 Å². The number of amides is 1. The summed E-state index contributed by atoms with van der Waals surface area (Å²) in [6.45, 7) is 9.48. The van der Waals surface area contributed by atoms with Crippen molar-refractivity contribution in [2.75, 3.05) is 54.7 Å². The number of piperidine rings is 2. The zero-order valence-corrected chi connectivity index (χ0v) is 37.0. The van der Waals surface area contributed by atoms with Gasteiger partial charge in [0.05, 0.1) is 18.9 Å². The van der Waals surface area contributed by atoms with Gasteiger partial charge in [-0.15, -0.1) is 22.7 Å². The summed E-state index contributed by atoms with van der Waals surface area (Å²) in [6, 6.07) is 32.5. The van der Waals surface area contributed by atoms with Crippen molar-refractivity contribution in [3.05, 3.63) is 130 Å². The van der Waals surface area contributed by atoms with Crippen molar-refractivity contribution >= 4 is 80.2 Å². The Balaban J connectivity index is 0.000000152. The second-order valence-electron chi connectivity index (χ2n) is 17.4. The molecule has 4 fully saturated rings. The van der Waals surface area contributed by atoms with Gasteiger partial charge in [-0.2, -0.15) is 0 Å². The zero-order chi connectivity index (χ0) is 41.3. The number of carbonyl (C=O) groups is 1. The second kappa shape index (κ2) is 15.0. The molecule has 1 amide bonds. The minimum absolute atomic E-state index is 0.00104. The molecule has 308 valence electrons. The fourth-order valence-corrected chi connectivity index (χ4v) is 13.4. The molecule has 10 rings (SSSR count). The molecule has 2 N–H and O–H groups in total. The fourth-order valence-electron chi connectivity index (χ4n) is 10.3. The predicted molar refractivity (Wildman–Crippen MR) is 243 cm³/mol. The highest BCUT2D eigenvalue weighted by molar-refractivity contribution is 7.92. The van der Waals surface area contributed by atoms with E-state index in [0.717, 1.165) is 56.5 Å². The lowest BCUT2D eigenvalue weighted by Crippen LogP contribution is -2.35. The maximum atomic E-state index is 12.9. The minimum atomic E-state index is -3.30. The zero-order valence-electron chi connectivity index (χ0n) is 33.7. The number of nitrogens with zero attached hydrogens (tertiary/aromatic N) is 2. The average Bonchev–Trinajstić information content (AvgIpc) is 3.68. The van der Waals surface area contributed by atoms with Gasteiger partial charge < -0.3 is 9.80 Å². The summed E-state index contributed by atoms with van der Waals surface area (Å²) >= 11 is 3.53. The lowest BCUT2D eigenvalue weighted by atomic mass is 9.92. The molecule has 4 unspecified atom stereocenters. The Hall–Kier alpha value is -4.27. The van der Waals surface area contributed by atoms with Crippen molar-refractivity contribution in [3.8, 4) is 0 Å². The third kappa shape index (κ3) is 7.92. The highest BCUT2D eigenvalue weighted by Gasteiger charge is 2.67. The van der Waals surface area contributed by atoms with E-state index in [4.69, 9.17) is 0 Å². The Morgan fingerprint density at radius 1 is 0.644 bits per heavy atom. The summed E-state index contributed by atoms with van der Waals surface area (Å²) in [7, 11) is -6.55. The number of benzene rings is 4. The monoisotopic (exact) mass is 866 g/mol. The van der Waals surface area contributed by atoms with Crippen LogP contribution in [0.4, 0.5) is 11.4 Å². The van der Waals surface area contributed by atoms with E-state index >= 15 is 0 Å². The third-order valence-corrected chi connectivity index (χ3v) is 16.9. The van der Waals surface area contributed by atoms with E-state index in [-0.39, 0.29) is 16.7 Å². The van der Waals surface area contributed by atoms with Crippen LogP contribution >= 0.6 is 22.7 Å². The third-order valence-electron chi connectivity index (χ3n) is 13.7. The molecular formula is C46H50N4O5S4. The molecule has 4 aromatic carbocycles. The van der Waals surface area contributed by atoms with E-state index in [2.05, 4.69) is 87.5 Å². The van der Waals surface area contributed by atoms with E-state index in [9.17, 15) is 21.6 Å². The van der Waals surface area contributed by atoms with E-state index in [0.29, 0.717) is 41.5 Å². The molecule has 0 radical (unpaired) electrons. The van der Waals surface area contributed by atoms with Crippen molar-refractivity contribution in [1.82, 2.24) is 9.80 Å². The molecule has 4 aliphatic rings. The first-order valence-corrected chi connectivity index (χ1v) is 25.7. The Morgan fingerprint density at radius 3 is 1.61 bits per heavy atom. The van der Waals surface area contributed by atoms with Crippen LogP contribution in [0, 0.1) is 23.7 Å². The van der Waals surface area contributed by atoms with Gasteiger partial charge in [0.25, 0.3) is 0 Å². The van der Waals surface area contributed by atoms with Crippen LogP contribution in [0.5, 0.6) is 0 Å². The van der Waals surface area contributed by atoms with Crippen LogP contribution in [0.2, 0.25) is 0 Å². The number of anilines is 2. The molecule has 13 heteroatoms. The molecule has 2 saturated heterocycles. The molecule has 6 aromatic rings. The van der Waals surface area contributed by atoms with Crippen LogP contribution in [0.25, 0.3) is 20.2 Å². The topological polar surface area (TPSA) is 116 Å². The number of nitrogens with one attached hydrogen (secondary N) is 2. The van der Waals surface area contributed by atoms with Gasteiger partial charge in [0, 0.05) is 64.3 Å². The van der Waals surface area contributed by atoms with Crippen LogP contribution in [-0.2, 0) is 48.5 Å². The van der Waals surface area contributed by atoms with E-state index in [1.165, 1.54) is 37.6 Å². The first-order chi connectivity index (χ1) is 28.1. The summed E-state index contributed by atoms with van der Waals surface area (Å²) in [5.41, 5.74) is 6.40. The molecule has 59 heavy (non-hydrogen) atoms. The summed E-state index contributed by atoms with van der Waals surface area (Å²) in [6.07, 6.45) is 3.91. The molecule has 2 saturated carbocycles. The smallest absolute Gasteiger partial charge is 0.229 e. The van der Waals surface area contributed by atoms with Crippen LogP contribution in [0.3, 0.4) is 0 Å². The van der Waals surface area contributed by atoms with Gasteiger partial charge in [-0.25, -0.2) is 16.8 Å². The summed E-state index contributed by atoms with van der Waals surface area (Å²) in [4.78, 5) is 17.5. The van der Waals surface area contributed by atoms with Crippen molar-refractivity contribution in [2.45, 2.75) is 37.5 Å². The lowest BCUT2D eigenvalue weighted by molar-refractivity contribution is -0.130. The minimum Gasteiger partial charge on any atom is -0.342 e. The summed E-state index contributed by atoms with van der Waals surface area (Å²) in [5.74, 6) is 2.37. The molecule has 9 nitrogen and oxygen atoms in total. The molecule has 4 atom stereocenters. The van der Waals surface area contributed by atoms with Gasteiger partial charge in [0.15, 0.2) is 0 Å². The molecule has 2 aromatic heterocycles. The average molecular weight is 867 g/mol. The van der Waals surface area contributed by atoms with E-state index in [1.807, 2.05) is 58.7 Å². The largest absolute Gasteiger partial charge is 0.342 e. The fraction of sp³-hybridized carbons (Fsp3) is 0.370. The summed E-state index contributed by atoms with van der Waals surface area (Å²) in [5, 5.41) is 7.00. The Kier molecular flexibility index (Phi) is 10.2. The van der Waals surface area contributed by atoms with E-state index < -0.39 is 20.0 Å². The number of thiophene rings is 2. The van der Waals surface area contributed by atoms with Crippen LogP contribution < -0.4 is 9.44 Å². The summed E-state index contributed by atoms with van der Waals surface area (Å²) < 4.78 is 54.0. The number of hydrogen-bond donors (Lipinski definition) is 2. The predicted octanol–water partition coefficient (Wildman–Crippen LogP) is 8.20. The molecular weight excluding hydrogens is 817 g/mol. The van der Waals surface area contributed by atoms with Crippen LogP contribution in [-0.4, -0.2) is 77.8 Å². The number of rotatable bonds is 11. The Morgan fingerprint density at radius 2 is 1.10 bits per heavy atom. The Bertz CT molecular complexity index is 2770. The molecule has 2 aliphatic heterocycles. The number of carbonyl (C=O) groups excluding carboxylic acids is 1. The van der Waals surface area contributed by atoms with E-state index in [1.54, 1.807) is 17.4 Å². The quantitative estimate of drug-likeness (QED) is 0.136. The van der Waals surface area contributed by atoms with Gasteiger partial charge in [-0.05, 0) is 110 Å². The SMILES string of the molecule is CC1(c2cccc(NS(C)(=O)=O)c2)C2CN(C(=O)Cc3csc4ccccc34)CC21.CC1(c2cccc(NS(C)(=O)=O)c2)C2CN(CCc3csc4ccccc34)CC21. The second-order valence-corrected chi connectivity index (χ2v) is 22.7. The number of hydrogen-bond acceptors (Lipinski definition) is 8. The molecule has 4 heterocycles. The first-order valence-electron chi connectivity index (χ1n) is 20.2. The first kappa shape index (κ1) is 40.2. The van der Waals surface area contributed by atoms with Gasteiger partial charge in [0.1, 0.15) is 0 Å². The van der Waals surface area contributed by atoms with Crippen LogP contribution in [0.1, 0.15) is 36.1 Å². The standard InChI is InChI=1S/C23H24N2O3S2.C23H26N2O2S2/c1-23(16-6-5-7-17(11-16)24-30(2,27)28)19-12-25(13-20(19)23)22(26)10-15-14-29-21-9-4-3-8-18(15)21;1-23(17-6-5-7-18(12-17)24-29(2,26)27)20-13-25(14-21(20)23)11-10-16-15-28-22-9-4-3-8-19(16)22/h3-9,11,14,19-20,24H,10,12-13H2,1-2H3;3-9,12,15,20-21,24H,10-11,13-14H2,1-2H3. The van der Waals surface area contributed by atoms with Gasteiger partial charge in [-0.3, -0.25) is 14.2 Å². The van der Waals surface area contributed by atoms with Crippen molar-refractivity contribution in [2.24, 2.45) is 23.7 Å². The maximum absolute atomic E-state index is 12.9. The normalized spacial score (nSPS) is 25.9. The Labute approximate surface area is 355 Å². The van der Waals surface area contributed by atoms with Crippen molar-refractivity contribution in [1.29, 1.82) is 0 Å². The molecule has 2 aliphatic carbocycles. The van der Waals surface area contributed by atoms with Gasteiger partial charge in [0.2, 0.25) is 26.0 Å². The highest BCUT2D eigenvalue weighted by Crippen LogP contribution is 2.64. The van der Waals surface area contributed by atoms with Crippen LogP contribution in [0.15, 0.2) is 108 Å².